The van der Waals surface area contributed by atoms with Crippen LogP contribution in [0.3, 0.4) is 0 Å². The van der Waals surface area contributed by atoms with E-state index in [1.807, 2.05) is 32.0 Å². The molecule has 0 saturated carbocycles. The van der Waals surface area contributed by atoms with E-state index >= 15 is 0 Å². The first-order valence-electron chi connectivity index (χ1n) is 10.9. The minimum atomic E-state index is -0.308. The minimum Gasteiger partial charge on any atom is -0.383 e. The molecule has 0 bridgehead atoms. The van der Waals surface area contributed by atoms with Crippen LogP contribution in [0, 0.1) is 12.7 Å². The van der Waals surface area contributed by atoms with Gasteiger partial charge in [-0.15, -0.1) is 5.10 Å². The zero-order chi connectivity index (χ0) is 24.1. The summed E-state index contributed by atoms with van der Waals surface area (Å²) in [6, 6.07) is 11.5. The van der Waals surface area contributed by atoms with Gasteiger partial charge in [-0.3, -0.25) is 4.79 Å². The Kier molecular flexibility index (Phi) is 7.07. The van der Waals surface area contributed by atoms with Crippen LogP contribution in [0.5, 0.6) is 0 Å². The molecule has 1 amide bonds. The maximum absolute atomic E-state index is 13.7. The molecule has 0 unspecified atom stereocenters. The monoisotopic (exact) mass is 463 g/mol. The maximum Gasteiger partial charge on any atom is 0.256 e. The highest BCUT2D eigenvalue weighted by Gasteiger charge is 2.25. The smallest absolute Gasteiger partial charge is 0.256 e. The molecule has 2 aromatic carbocycles. The average Bonchev–Trinajstić information content (AvgIpc) is 3.52. The summed E-state index contributed by atoms with van der Waals surface area (Å²) < 4.78 is 20.2. The molecule has 0 radical (unpaired) electrons. The van der Waals surface area contributed by atoms with Gasteiger partial charge in [-0.2, -0.15) is 15.0 Å². The van der Waals surface area contributed by atoms with E-state index in [-0.39, 0.29) is 17.8 Å². The number of amides is 1. The van der Waals surface area contributed by atoms with Crippen LogP contribution in [-0.4, -0.2) is 67.1 Å². The van der Waals surface area contributed by atoms with Crippen molar-refractivity contribution in [1.29, 1.82) is 0 Å². The summed E-state index contributed by atoms with van der Waals surface area (Å²) in [5.41, 5.74) is 3.47. The van der Waals surface area contributed by atoms with Gasteiger partial charge in [-0.1, -0.05) is 16.8 Å². The number of carbonyl (C=O) groups excluding carboxylic acids is 1. The Bertz CT molecular complexity index is 1240. The van der Waals surface area contributed by atoms with Gasteiger partial charge >= 0.3 is 0 Å². The molecule has 176 valence electrons. The third-order valence-electron chi connectivity index (χ3n) is 5.48. The van der Waals surface area contributed by atoms with Crippen LogP contribution in [0.25, 0.3) is 16.9 Å². The van der Waals surface area contributed by atoms with E-state index in [1.165, 1.54) is 16.9 Å². The number of benzene rings is 2. The molecule has 0 N–H and O–H groups in total. The Morgan fingerprint density at radius 2 is 1.88 bits per heavy atom. The zero-order valence-electron chi connectivity index (χ0n) is 19.3. The highest BCUT2D eigenvalue weighted by molar-refractivity contribution is 5.98. The lowest BCUT2D eigenvalue weighted by atomic mass is 10.1. The Balaban J connectivity index is 1.58. The number of nitrogens with zero attached hydrogens (tertiary/aromatic N) is 7. The van der Waals surface area contributed by atoms with E-state index in [9.17, 15) is 9.18 Å². The molecule has 10 heteroatoms. The first-order chi connectivity index (χ1) is 16.5. The summed E-state index contributed by atoms with van der Waals surface area (Å²) in [7, 11) is 1.60. The summed E-state index contributed by atoms with van der Waals surface area (Å²) in [6.45, 7) is 5.09. The molecule has 4 rings (SSSR count). The topological polar surface area (TPSA) is 91.0 Å². The lowest BCUT2D eigenvalue weighted by Gasteiger charge is -2.29. The highest BCUT2D eigenvalue weighted by atomic mass is 19.1. The average molecular weight is 464 g/mol. The molecular weight excluding hydrogens is 437 g/mol. The lowest BCUT2D eigenvalue weighted by Crippen LogP contribution is -2.43. The van der Waals surface area contributed by atoms with Gasteiger partial charge in [0.15, 0.2) is 0 Å². The quantitative estimate of drug-likeness (QED) is 0.379. The van der Waals surface area contributed by atoms with Crippen molar-refractivity contribution in [2.45, 2.75) is 26.4 Å². The number of methoxy groups -OCH3 is 1. The second kappa shape index (κ2) is 10.3. The van der Waals surface area contributed by atoms with Crippen molar-refractivity contribution in [2.24, 2.45) is 0 Å². The Morgan fingerprint density at radius 1 is 1.15 bits per heavy atom. The third kappa shape index (κ3) is 5.18. The van der Waals surface area contributed by atoms with E-state index in [4.69, 9.17) is 4.74 Å². The molecule has 34 heavy (non-hydrogen) atoms. The highest BCUT2D eigenvalue weighted by Crippen LogP contribution is 2.20. The van der Waals surface area contributed by atoms with Crippen LogP contribution >= 0.6 is 0 Å². The summed E-state index contributed by atoms with van der Waals surface area (Å²) in [5.74, 6) is -0.461. The van der Waals surface area contributed by atoms with Crippen molar-refractivity contribution in [3.05, 3.63) is 78.0 Å². The van der Waals surface area contributed by atoms with Crippen LogP contribution < -0.4 is 0 Å². The summed E-state index contributed by atoms with van der Waals surface area (Å²) >= 11 is 0. The van der Waals surface area contributed by atoms with Crippen molar-refractivity contribution in [2.75, 3.05) is 20.3 Å². The van der Waals surface area contributed by atoms with Crippen LogP contribution in [0.2, 0.25) is 0 Å². The first kappa shape index (κ1) is 23.2. The van der Waals surface area contributed by atoms with Crippen molar-refractivity contribution >= 4 is 5.91 Å². The fourth-order valence-electron chi connectivity index (χ4n) is 3.71. The summed E-state index contributed by atoms with van der Waals surface area (Å²) in [6.07, 6.45) is 4.93. The molecule has 0 aliphatic carbocycles. The van der Waals surface area contributed by atoms with Crippen LogP contribution in [0.15, 0.2) is 61.1 Å². The molecular formula is C24H26FN7O2. The lowest BCUT2D eigenvalue weighted by molar-refractivity contribution is 0.0595. The number of aryl methyl sites for hydroxylation is 1. The molecule has 2 aromatic heterocycles. The number of aromatic nitrogens is 6. The van der Waals surface area contributed by atoms with Crippen molar-refractivity contribution in [3.8, 4) is 16.9 Å². The molecule has 0 aliphatic rings. The molecule has 0 spiro atoms. The van der Waals surface area contributed by atoms with Gasteiger partial charge in [-0.25, -0.2) is 9.07 Å². The predicted molar refractivity (Wildman–Crippen MR) is 124 cm³/mol. The molecule has 4 aromatic rings. The Hall–Kier alpha value is -3.92. The molecule has 0 saturated heterocycles. The molecule has 9 nitrogen and oxygen atoms in total. The SMILES string of the molecule is COCCN(C(=O)c1cc(C)ccc1-n1nccn1)[C@@H](C)Cn1cc(-c2ccc(F)cc2)nn1. The van der Waals surface area contributed by atoms with Crippen LogP contribution in [-0.2, 0) is 11.3 Å². The van der Waals surface area contributed by atoms with Gasteiger partial charge in [0.2, 0.25) is 0 Å². The summed E-state index contributed by atoms with van der Waals surface area (Å²) in [4.78, 5) is 16.9. The predicted octanol–water partition coefficient (Wildman–Crippen LogP) is 3.15. The number of hydrogen-bond acceptors (Lipinski definition) is 6. The van der Waals surface area contributed by atoms with Gasteiger partial charge in [0.1, 0.15) is 11.5 Å². The fraction of sp³-hybridized carbons (Fsp3) is 0.292. The number of rotatable bonds is 9. The standard InChI is InChI=1S/C24H26FN7O2/c1-17-4-9-23(32-26-10-11-27-32)21(14-17)24(33)31(12-13-34-3)18(2)15-30-16-22(28-29-30)19-5-7-20(25)8-6-19/h4-11,14,16,18H,12-13,15H2,1-3H3/t18-/m0/s1. The molecule has 1 atom stereocenters. The van der Waals surface area contributed by atoms with Crippen molar-refractivity contribution in [3.63, 3.8) is 0 Å². The third-order valence-corrected chi connectivity index (χ3v) is 5.48. The van der Waals surface area contributed by atoms with E-state index in [2.05, 4.69) is 20.5 Å². The van der Waals surface area contributed by atoms with Crippen molar-refractivity contribution < 1.29 is 13.9 Å². The van der Waals surface area contributed by atoms with Crippen molar-refractivity contribution in [1.82, 2.24) is 34.9 Å². The van der Waals surface area contributed by atoms with E-state index in [0.29, 0.717) is 36.6 Å². The van der Waals surface area contributed by atoms with E-state index in [0.717, 1.165) is 11.1 Å². The zero-order valence-corrected chi connectivity index (χ0v) is 19.3. The summed E-state index contributed by atoms with van der Waals surface area (Å²) in [5, 5.41) is 16.8. The van der Waals surface area contributed by atoms with Gasteiger partial charge in [0, 0.05) is 25.3 Å². The molecule has 0 fully saturated rings. The molecule has 2 heterocycles. The van der Waals surface area contributed by atoms with Gasteiger partial charge < -0.3 is 9.64 Å². The van der Waals surface area contributed by atoms with E-state index in [1.54, 1.807) is 47.4 Å². The molecule has 0 aliphatic heterocycles. The fourth-order valence-corrected chi connectivity index (χ4v) is 3.71. The van der Waals surface area contributed by atoms with Crippen LogP contribution in [0.4, 0.5) is 4.39 Å². The van der Waals surface area contributed by atoms with Gasteiger partial charge in [0.05, 0.1) is 43.0 Å². The number of carbonyl (C=O) groups is 1. The second-order valence-electron chi connectivity index (χ2n) is 8.01. The van der Waals surface area contributed by atoms with Crippen LogP contribution in [0.1, 0.15) is 22.8 Å². The number of halogens is 1. The largest absolute Gasteiger partial charge is 0.383 e. The Labute approximate surface area is 196 Å². The number of hydrogen-bond donors (Lipinski definition) is 0. The van der Waals surface area contributed by atoms with Gasteiger partial charge in [-0.05, 0) is 50.2 Å². The van der Waals surface area contributed by atoms with Gasteiger partial charge in [0.25, 0.3) is 5.91 Å². The minimum absolute atomic E-state index is 0.153. The number of ether oxygens (including phenoxy) is 1. The maximum atomic E-state index is 13.7. The van der Waals surface area contributed by atoms with E-state index < -0.39 is 0 Å². The first-order valence-corrected chi connectivity index (χ1v) is 10.9. The second-order valence-corrected chi connectivity index (χ2v) is 8.01. The normalized spacial score (nSPS) is 12.0. The Morgan fingerprint density at radius 3 is 2.59 bits per heavy atom.